The third-order valence-corrected chi connectivity index (χ3v) is 14.1. The van der Waals surface area contributed by atoms with Crippen LogP contribution in [0.3, 0.4) is 0 Å². The van der Waals surface area contributed by atoms with Crippen LogP contribution in [0.5, 0.6) is 0 Å². The molecule has 1 amide bonds. The Balaban J connectivity index is 1.78. The molecule has 0 aliphatic carbocycles. The van der Waals surface area contributed by atoms with Gasteiger partial charge in [-0.15, -0.1) is 0 Å². The molecule has 0 saturated carbocycles. The summed E-state index contributed by atoms with van der Waals surface area (Å²) in [5, 5.41) is 87.2. The van der Waals surface area contributed by atoms with E-state index in [0.717, 1.165) is 89.9 Å². The van der Waals surface area contributed by atoms with Gasteiger partial charge in [0, 0.05) is 6.42 Å². The number of hydrogen-bond donors (Lipinski definition) is 9. The first-order valence-corrected chi connectivity index (χ1v) is 29.8. The summed E-state index contributed by atoms with van der Waals surface area (Å²) >= 11 is 0. The van der Waals surface area contributed by atoms with Crippen molar-refractivity contribution in [3.63, 3.8) is 0 Å². The van der Waals surface area contributed by atoms with Gasteiger partial charge in [-0.2, -0.15) is 0 Å². The van der Waals surface area contributed by atoms with E-state index in [9.17, 15) is 45.6 Å². The van der Waals surface area contributed by atoms with Crippen LogP contribution in [0.15, 0.2) is 85.1 Å². The number of aliphatic hydroxyl groups excluding tert-OH is 8. The normalized spacial score (nSPS) is 25.5. The highest BCUT2D eigenvalue weighted by molar-refractivity contribution is 5.76. The number of nitrogens with one attached hydrogen (secondary N) is 1. The molecule has 9 N–H and O–H groups in total. The van der Waals surface area contributed by atoms with Crippen molar-refractivity contribution < 1.29 is 64.6 Å². The molecule has 2 rings (SSSR count). The fourth-order valence-corrected chi connectivity index (χ4v) is 9.33. The second-order valence-corrected chi connectivity index (χ2v) is 20.7. The van der Waals surface area contributed by atoms with Gasteiger partial charge in [0.15, 0.2) is 12.6 Å². The zero-order valence-electron chi connectivity index (χ0n) is 47.0. The van der Waals surface area contributed by atoms with Gasteiger partial charge in [0.2, 0.25) is 5.91 Å². The monoisotopic (exact) mass is 1070 g/mol. The summed E-state index contributed by atoms with van der Waals surface area (Å²) in [6, 6.07) is -0.853. The minimum absolute atomic E-state index is 0.241. The minimum atomic E-state index is -1.79. The molecule has 0 aromatic rings. The standard InChI is InChI=1S/C62H107NO13/c1-3-5-7-9-11-13-15-17-19-21-22-23-24-25-26-27-28-30-32-34-36-38-40-42-44-46-54(67)63-50(51(66)45-43-41-39-37-35-33-31-29-20-18-16-14-12-10-8-6-4-2)49-73-61-59(72)57(70)60(53(48-65)75-61)76-62-58(71)56(69)55(68)52(47-64)74-62/h5,7,11,13,17,19,22-23,25-26,28,30,34,36,50-53,55-62,64-66,68-72H,3-4,6,8-10,12,14-16,18,20-21,24,27,29,31-33,35,37-49H2,1-2H3,(H,63,67)/b7-5-,13-11-,19-17-,23-22-,26-25-,30-28-,36-34-. The molecule has 76 heavy (non-hydrogen) atoms. The molecule has 438 valence electrons. The van der Waals surface area contributed by atoms with E-state index in [2.05, 4.69) is 104 Å². The van der Waals surface area contributed by atoms with Crippen LogP contribution in [0.2, 0.25) is 0 Å². The van der Waals surface area contributed by atoms with Crippen LogP contribution in [0.4, 0.5) is 0 Å². The number of carbonyl (C=O) groups is 1. The summed E-state index contributed by atoms with van der Waals surface area (Å²) in [6.45, 7) is 2.72. The first-order valence-electron chi connectivity index (χ1n) is 29.8. The van der Waals surface area contributed by atoms with Crippen molar-refractivity contribution in [1.82, 2.24) is 5.32 Å². The Morgan fingerprint density at radius 1 is 0.487 bits per heavy atom. The van der Waals surface area contributed by atoms with Crippen LogP contribution >= 0.6 is 0 Å². The fraction of sp³-hybridized carbons (Fsp3) is 0.758. The second kappa shape index (κ2) is 47.0. The summed E-state index contributed by atoms with van der Waals surface area (Å²) in [5.41, 5.74) is 0. The molecule has 0 radical (unpaired) electrons. The second-order valence-electron chi connectivity index (χ2n) is 20.7. The third-order valence-electron chi connectivity index (χ3n) is 14.1. The maximum atomic E-state index is 13.3. The number of allylic oxidation sites excluding steroid dienone is 14. The summed E-state index contributed by atoms with van der Waals surface area (Å²) < 4.78 is 22.8. The fourth-order valence-electron chi connectivity index (χ4n) is 9.33. The molecule has 0 aromatic carbocycles. The van der Waals surface area contributed by atoms with Crippen LogP contribution in [-0.4, -0.2) is 140 Å². The molecule has 2 fully saturated rings. The molecule has 2 heterocycles. The van der Waals surface area contributed by atoms with Gasteiger partial charge in [-0.05, 0) is 70.6 Å². The highest BCUT2D eigenvalue weighted by Crippen LogP contribution is 2.30. The van der Waals surface area contributed by atoms with Gasteiger partial charge in [0.1, 0.15) is 48.8 Å². The number of ether oxygens (including phenoxy) is 4. The zero-order valence-corrected chi connectivity index (χ0v) is 47.0. The van der Waals surface area contributed by atoms with Crippen LogP contribution < -0.4 is 5.32 Å². The van der Waals surface area contributed by atoms with E-state index in [1.807, 2.05) is 0 Å². The largest absolute Gasteiger partial charge is 0.394 e. The summed E-state index contributed by atoms with van der Waals surface area (Å²) in [5.74, 6) is -0.241. The van der Waals surface area contributed by atoms with Crippen molar-refractivity contribution in [2.24, 2.45) is 0 Å². The molecule has 14 nitrogen and oxygen atoms in total. The Kier molecular flexibility index (Phi) is 42.9. The van der Waals surface area contributed by atoms with E-state index in [4.69, 9.17) is 18.9 Å². The lowest BCUT2D eigenvalue weighted by Crippen LogP contribution is -2.65. The first kappa shape index (κ1) is 69.3. The van der Waals surface area contributed by atoms with Crippen molar-refractivity contribution >= 4 is 5.91 Å². The number of amides is 1. The Hall–Kier alpha value is -2.83. The maximum absolute atomic E-state index is 13.3. The van der Waals surface area contributed by atoms with Crippen molar-refractivity contribution in [2.75, 3.05) is 19.8 Å². The summed E-state index contributed by atoms with van der Waals surface area (Å²) in [4.78, 5) is 13.3. The van der Waals surface area contributed by atoms with Gasteiger partial charge in [-0.3, -0.25) is 4.79 Å². The van der Waals surface area contributed by atoms with Crippen molar-refractivity contribution in [1.29, 1.82) is 0 Å². The summed E-state index contributed by atoms with van der Waals surface area (Å²) in [7, 11) is 0. The van der Waals surface area contributed by atoms with Gasteiger partial charge in [-0.1, -0.05) is 214 Å². The zero-order chi connectivity index (χ0) is 55.3. The van der Waals surface area contributed by atoms with E-state index in [-0.39, 0.29) is 18.9 Å². The lowest BCUT2D eigenvalue weighted by molar-refractivity contribution is -0.359. The molecule has 12 unspecified atom stereocenters. The molecule has 2 aliphatic heterocycles. The van der Waals surface area contributed by atoms with Gasteiger partial charge in [-0.25, -0.2) is 0 Å². The SMILES string of the molecule is CC/C=C\C/C=C\C/C=C\C/C=C\C/C=C\C/C=C\C/C=C\CCCCCC(=O)NC(COC1OC(CO)C(OC2OC(CO)C(O)C(O)C2O)C(O)C1O)C(O)CCCCCCCCCCCCCCCCCCC. The van der Waals surface area contributed by atoms with Gasteiger partial charge in [0.25, 0.3) is 0 Å². The molecule has 14 heteroatoms. The summed E-state index contributed by atoms with van der Waals surface area (Å²) in [6.07, 6.45) is 45.7. The minimum Gasteiger partial charge on any atom is -0.394 e. The molecule has 12 atom stereocenters. The average Bonchev–Trinajstić information content (AvgIpc) is 3.42. The van der Waals surface area contributed by atoms with E-state index in [1.54, 1.807) is 0 Å². The van der Waals surface area contributed by atoms with Gasteiger partial charge >= 0.3 is 0 Å². The number of unbranched alkanes of at least 4 members (excludes halogenated alkanes) is 19. The van der Waals surface area contributed by atoms with Crippen LogP contribution in [0, 0.1) is 0 Å². The van der Waals surface area contributed by atoms with Crippen LogP contribution in [0.25, 0.3) is 0 Å². The van der Waals surface area contributed by atoms with Gasteiger partial charge in [0.05, 0.1) is 32.0 Å². The van der Waals surface area contributed by atoms with Crippen LogP contribution in [0.1, 0.15) is 206 Å². The van der Waals surface area contributed by atoms with E-state index in [1.165, 1.54) is 83.5 Å². The quantitative estimate of drug-likeness (QED) is 0.0205. The number of hydrogen-bond acceptors (Lipinski definition) is 13. The molecule has 0 spiro atoms. The predicted octanol–water partition coefficient (Wildman–Crippen LogP) is 10.1. The molecule has 2 saturated heterocycles. The Morgan fingerprint density at radius 2 is 0.908 bits per heavy atom. The number of carbonyl (C=O) groups excluding carboxylic acids is 1. The van der Waals surface area contributed by atoms with Crippen molar-refractivity contribution in [3.8, 4) is 0 Å². The predicted molar refractivity (Wildman–Crippen MR) is 304 cm³/mol. The first-order chi connectivity index (χ1) is 37.1. The maximum Gasteiger partial charge on any atom is 0.220 e. The number of aliphatic hydroxyl groups is 8. The molecule has 2 aliphatic rings. The lowest BCUT2D eigenvalue weighted by atomic mass is 9.97. The van der Waals surface area contributed by atoms with E-state index < -0.39 is 86.8 Å². The third kappa shape index (κ3) is 32.3. The van der Waals surface area contributed by atoms with Crippen molar-refractivity contribution in [2.45, 2.75) is 280 Å². The Morgan fingerprint density at radius 3 is 1.38 bits per heavy atom. The van der Waals surface area contributed by atoms with E-state index >= 15 is 0 Å². The molecular weight excluding hydrogens is 967 g/mol. The lowest BCUT2D eigenvalue weighted by Gasteiger charge is -2.46. The Labute approximate surface area is 459 Å². The highest BCUT2D eigenvalue weighted by Gasteiger charge is 2.51. The van der Waals surface area contributed by atoms with Crippen molar-refractivity contribution in [3.05, 3.63) is 85.1 Å². The van der Waals surface area contributed by atoms with Gasteiger partial charge < -0.3 is 65.1 Å². The van der Waals surface area contributed by atoms with Crippen LogP contribution in [-0.2, 0) is 23.7 Å². The topological polar surface area (TPSA) is 228 Å². The highest BCUT2D eigenvalue weighted by atomic mass is 16.7. The average molecular weight is 1070 g/mol. The van der Waals surface area contributed by atoms with E-state index in [0.29, 0.717) is 12.8 Å². The smallest absolute Gasteiger partial charge is 0.220 e. The molecular formula is C62H107NO13. The molecule has 0 bridgehead atoms. The molecule has 0 aromatic heterocycles. The number of rotatable bonds is 46. The Bertz CT molecular complexity index is 1600.